The van der Waals surface area contributed by atoms with Gasteiger partial charge in [-0.05, 0) is 51.9 Å². The van der Waals surface area contributed by atoms with Crippen LogP contribution in [0.15, 0.2) is 122 Å². The van der Waals surface area contributed by atoms with Crippen molar-refractivity contribution in [3.05, 3.63) is 149 Å². The van der Waals surface area contributed by atoms with E-state index in [2.05, 4.69) is 102 Å². The summed E-state index contributed by atoms with van der Waals surface area (Å²) in [5.41, 5.74) is 8.57. The molecule has 2 heterocycles. The number of fused-ring (bicyclic) bond motifs is 7. The van der Waals surface area contributed by atoms with Crippen molar-refractivity contribution < 1.29 is 4.74 Å². The summed E-state index contributed by atoms with van der Waals surface area (Å²) in [6.45, 7) is 0. The predicted molar refractivity (Wildman–Crippen MR) is 150 cm³/mol. The second-order valence-corrected chi connectivity index (χ2v) is 10.1. The van der Waals surface area contributed by atoms with E-state index < -0.39 is 5.41 Å². The molecule has 0 bridgehead atoms. The van der Waals surface area contributed by atoms with Gasteiger partial charge in [-0.25, -0.2) is 0 Å². The van der Waals surface area contributed by atoms with Crippen molar-refractivity contribution in [3.8, 4) is 33.8 Å². The van der Waals surface area contributed by atoms with E-state index in [-0.39, 0.29) is 0 Å². The Balaban J connectivity index is 1.61. The zero-order valence-corrected chi connectivity index (χ0v) is 20.5. The van der Waals surface area contributed by atoms with Gasteiger partial charge in [-0.3, -0.25) is 4.98 Å². The molecule has 1 unspecified atom stereocenters. The van der Waals surface area contributed by atoms with E-state index in [1.54, 1.807) is 6.20 Å². The van der Waals surface area contributed by atoms with E-state index in [1.807, 2.05) is 18.3 Å². The Morgan fingerprint density at radius 2 is 1.46 bits per heavy atom. The molecule has 0 N–H and O–H groups in total. The molecular formula is C34H20ClNO. The second-order valence-electron chi connectivity index (χ2n) is 9.68. The van der Waals surface area contributed by atoms with Crippen LogP contribution in [0.5, 0.6) is 11.5 Å². The number of halogens is 1. The molecule has 5 aromatic carbocycles. The Labute approximate surface area is 219 Å². The topological polar surface area (TPSA) is 22.1 Å². The molecule has 0 saturated heterocycles. The minimum Gasteiger partial charge on any atom is -0.455 e. The Morgan fingerprint density at radius 1 is 0.649 bits per heavy atom. The lowest BCUT2D eigenvalue weighted by molar-refractivity contribution is 0.445. The molecule has 0 spiro atoms. The quantitative estimate of drug-likeness (QED) is 0.239. The predicted octanol–water partition coefficient (Wildman–Crippen LogP) is 9.02. The van der Waals surface area contributed by atoms with E-state index >= 15 is 0 Å². The van der Waals surface area contributed by atoms with Gasteiger partial charge in [0.05, 0.1) is 5.41 Å². The Morgan fingerprint density at radius 3 is 2.32 bits per heavy atom. The lowest BCUT2D eigenvalue weighted by Crippen LogP contribution is -2.32. The van der Waals surface area contributed by atoms with Crippen LogP contribution < -0.4 is 4.74 Å². The maximum absolute atomic E-state index is 7.01. The summed E-state index contributed by atoms with van der Waals surface area (Å²) < 4.78 is 7.01. The summed E-state index contributed by atoms with van der Waals surface area (Å²) in [5.74, 6) is 1.78. The van der Waals surface area contributed by atoms with Crippen LogP contribution >= 0.6 is 11.6 Å². The van der Waals surface area contributed by atoms with Gasteiger partial charge in [0.1, 0.15) is 11.5 Å². The number of hydrogen-bond donors (Lipinski definition) is 0. The van der Waals surface area contributed by atoms with Crippen molar-refractivity contribution in [2.45, 2.75) is 5.41 Å². The molecule has 2 aliphatic rings. The van der Waals surface area contributed by atoms with Crippen LogP contribution in [-0.4, -0.2) is 4.98 Å². The molecule has 0 saturated carbocycles. The lowest BCUT2D eigenvalue weighted by Gasteiger charge is -2.40. The van der Waals surface area contributed by atoms with Gasteiger partial charge in [-0.2, -0.15) is 0 Å². The molecule has 6 aromatic rings. The van der Waals surface area contributed by atoms with Gasteiger partial charge in [-0.1, -0.05) is 96.5 Å². The fourth-order valence-electron chi connectivity index (χ4n) is 6.41. The molecule has 1 aliphatic heterocycles. The minimum atomic E-state index is -0.540. The zero-order valence-electron chi connectivity index (χ0n) is 19.8. The first-order valence-corrected chi connectivity index (χ1v) is 12.8. The van der Waals surface area contributed by atoms with Crippen LogP contribution in [0.4, 0.5) is 0 Å². The van der Waals surface area contributed by atoms with Crippen LogP contribution in [0.2, 0.25) is 5.02 Å². The number of pyridine rings is 1. The molecule has 0 fully saturated rings. The van der Waals surface area contributed by atoms with Gasteiger partial charge in [0.15, 0.2) is 0 Å². The van der Waals surface area contributed by atoms with E-state index in [0.717, 1.165) is 55.1 Å². The summed E-state index contributed by atoms with van der Waals surface area (Å²) >= 11 is 6.59. The van der Waals surface area contributed by atoms with Gasteiger partial charge in [0, 0.05) is 45.1 Å². The lowest BCUT2D eigenvalue weighted by atomic mass is 9.65. The number of nitrogens with zero attached hydrogens (tertiary/aromatic N) is 1. The Bertz CT molecular complexity index is 1860. The molecule has 3 heteroatoms. The van der Waals surface area contributed by atoms with Gasteiger partial charge < -0.3 is 4.74 Å². The molecule has 37 heavy (non-hydrogen) atoms. The van der Waals surface area contributed by atoms with E-state index in [0.29, 0.717) is 0 Å². The van der Waals surface area contributed by atoms with Crippen LogP contribution in [0.25, 0.3) is 33.0 Å². The van der Waals surface area contributed by atoms with Crippen molar-refractivity contribution in [2.75, 3.05) is 0 Å². The maximum Gasteiger partial charge on any atom is 0.140 e. The van der Waals surface area contributed by atoms with Gasteiger partial charge >= 0.3 is 0 Å². The van der Waals surface area contributed by atoms with Crippen LogP contribution in [0.3, 0.4) is 0 Å². The van der Waals surface area contributed by atoms with Crippen molar-refractivity contribution in [3.63, 3.8) is 0 Å². The average Bonchev–Trinajstić information content (AvgIpc) is 3.25. The number of ether oxygens (including phenoxy) is 1. The van der Waals surface area contributed by atoms with Gasteiger partial charge in [0.25, 0.3) is 0 Å². The molecule has 0 radical (unpaired) electrons. The standard InChI is InChI=1S/C34H20ClNO/c35-24-13-17-29-28(19-24)27-15-14-26(22-8-6-18-36-20-22)33-31(27)34(29,23-9-2-1-3-10-23)30-16-12-21-7-4-5-11-25(21)32(30)37-33/h1-20H. The number of aromatic nitrogens is 1. The highest BCUT2D eigenvalue weighted by molar-refractivity contribution is 6.31. The van der Waals surface area contributed by atoms with Crippen LogP contribution in [0, 0.1) is 0 Å². The van der Waals surface area contributed by atoms with E-state index in [4.69, 9.17) is 16.3 Å². The van der Waals surface area contributed by atoms with Crippen molar-refractivity contribution in [1.29, 1.82) is 0 Å². The third kappa shape index (κ3) is 2.68. The van der Waals surface area contributed by atoms with E-state index in [9.17, 15) is 0 Å². The first-order chi connectivity index (χ1) is 18.3. The SMILES string of the molecule is Clc1ccc2c(c1)-c1ccc(-c3cccnc3)c3c1C2(c1ccccc1)c1ccc2ccccc2c1O3. The summed E-state index contributed by atoms with van der Waals surface area (Å²) in [6, 6.07) is 38.5. The largest absolute Gasteiger partial charge is 0.455 e. The fraction of sp³-hybridized carbons (Fsp3) is 0.0294. The van der Waals surface area contributed by atoms with Crippen molar-refractivity contribution >= 4 is 22.4 Å². The summed E-state index contributed by atoms with van der Waals surface area (Å²) in [5, 5.41) is 2.98. The first-order valence-electron chi connectivity index (χ1n) is 12.4. The number of hydrogen-bond acceptors (Lipinski definition) is 2. The smallest absolute Gasteiger partial charge is 0.140 e. The molecule has 0 amide bonds. The molecule has 1 aliphatic carbocycles. The highest BCUT2D eigenvalue weighted by Crippen LogP contribution is 2.65. The number of benzene rings is 5. The van der Waals surface area contributed by atoms with E-state index in [1.165, 1.54) is 16.7 Å². The minimum absolute atomic E-state index is 0.540. The Kier molecular flexibility index (Phi) is 4.24. The third-order valence-corrected chi connectivity index (χ3v) is 8.11. The Hall–Kier alpha value is -4.40. The van der Waals surface area contributed by atoms with Gasteiger partial charge in [0.2, 0.25) is 0 Å². The zero-order chi connectivity index (χ0) is 24.6. The van der Waals surface area contributed by atoms with Gasteiger partial charge in [-0.15, -0.1) is 0 Å². The summed E-state index contributed by atoms with van der Waals surface area (Å²) in [6.07, 6.45) is 3.71. The highest BCUT2D eigenvalue weighted by Gasteiger charge is 2.52. The highest BCUT2D eigenvalue weighted by atomic mass is 35.5. The maximum atomic E-state index is 7.01. The normalized spacial score (nSPS) is 16.6. The van der Waals surface area contributed by atoms with Crippen molar-refractivity contribution in [2.24, 2.45) is 0 Å². The molecule has 8 rings (SSSR count). The van der Waals surface area contributed by atoms with Crippen molar-refractivity contribution in [1.82, 2.24) is 4.98 Å². The average molecular weight is 494 g/mol. The molecular weight excluding hydrogens is 474 g/mol. The van der Waals surface area contributed by atoms with Crippen LogP contribution in [-0.2, 0) is 5.41 Å². The summed E-state index contributed by atoms with van der Waals surface area (Å²) in [7, 11) is 0. The molecule has 1 atom stereocenters. The fourth-order valence-corrected chi connectivity index (χ4v) is 6.58. The van der Waals surface area contributed by atoms with Crippen LogP contribution in [0.1, 0.15) is 22.3 Å². The molecule has 174 valence electrons. The molecule has 2 nitrogen and oxygen atoms in total. The number of rotatable bonds is 2. The third-order valence-electron chi connectivity index (χ3n) is 7.88. The first kappa shape index (κ1) is 20.8. The summed E-state index contributed by atoms with van der Waals surface area (Å²) in [4.78, 5) is 4.41. The second kappa shape index (κ2) is 7.55. The monoisotopic (exact) mass is 493 g/mol. The molecule has 1 aromatic heterocycles.